The molecule has 1 aliphatic rings. The Bertz CT molecular complexity index is 468. The lowest BCUT2D eigenvalue weighted by atomic mass is 10.1. The third-order valence-electron chi connectivity index (χ3n) is 2.95. The van der Waals surface area contributed by atoms with Gasteiger partial charge in [0.05, 0.1) is 0 Å². The molecule has 1 heterocycles. The molecule has 2 N–H and O–H groups in total. The molecule has 3 rings (SSSR count). The lowest BCUT2D eigenvalue weighted by molar-refractivity contribution is 1.09. The maximum atomic E-state index is 5.72. The van der Waals surface area contributed by atoms with Crippen LogP contribution in [0, 0.1) is 0 Å². The van der Waals surface area contributed by atoms with Gasteiger partial charge < -0.3 is 5.73 Å². The van der Waals surface area contributed by atoms with E-state index in [1.54, 1.807) is 5.56 Å². The van der Waals surface area contributed by atoms with E-state index < -0.39 is 0 Å². The smallest absolute Gasteiger partial charge is 0.0390 e. The number of hydrogen-bond acceptors (Lipinski definition) is 2. The molecule has 0 unspecified atom stereocenters. The minimum atomic E-state index is 0.655. The summed E-state index contributed by atoms with van der Waals surface area (Å²) >= 11 is 1.85. The number of hydrogen-bond donors (Lipinski definition) is 1. The Morgan fingerprint density at radius 1 is 1.36 bits per heavy atom. The Hall–Kier alpha value is -0.860. The van der Waals surface area contributed by atoms with Gasteiger partial charge in [0.2, 0.25) is 0 Å². The van der Waals surface area contributed by atoms with E-state index in [1.807, 2.05) is 11.3 Å². The molecule has 1 saturated carbocycles. The first-order chi connectivity index (χ1) is 6.90. The Balaban J connectivity index is 2.25. The highest BCUT2D eigenvalue weighted by molar-refractivity contribution is 7.17. The van der Waals surface area contributed by atoms with Crippen molar-refractivity contribution in [2.24, 2.45) is 5.73 Å². The van der Waals surface area contributed by atoms with Crippen molar-refractivity contribution >= 4 is 21.4 Å². The monoisotopic (exact) mass is 203 g/mol. The maximum absolute atomic E-state index is 5.72. The fourth-order valence-corrected chi connectivity index (χ4v) is 3.19. The van der Waals surface area contributed by atoms with Crippen LogP contribution in [0.5, 0.6) is 0 Å². The molecule has 0 spiro atoms. The zero-order valence-corrected chi connectivity index (χ0v) is 8.81. The van der Waals surface area contributed by atoms with Crippen LogP contribution in [0.2, 0.25) is 0 Å². The van der Waals surface area contributed by atoms with Crippen molar-refractivity contribution in [3.05, 3.63) is 34.7 Å². The van der Waals surface area contributed by atoms with Crippen LogP contribution in [-0.4, -0.2) is 0 Å². The summed E-state index contributed by atoms with van der Waals surface area (Å²) in [6, 6.07) is 6.50. The SMILES string of the molecule is NCc1cccc2c(C3CC3)csc12. The molecule has 14 heavy (non-hydrogen) atoms. The molecule has 0 radical (unpaired) electrons. The molecule has 1 aliphatic carbocycles. The second kappa shape index (κ2) is 3.07. The van der Waals surface area contributed by atoms with Gasteiger partial charge in [0.25, 0.3) is 0 Å². The predicted molar refractivity (Wildman–Crippen MR) is 61.7 cm³/mol. The van der Waals surface area contributed by atoms with E-state index in [-0.39, 0.29) is 0 Å². The fourth-order valence-electron chi connectivity index (χ4n) is 2.01. The van der Waals surface area contributed by atoms with E-state index in [2.05, 4.69) is 23.6 Å². The van der Waals surface area contributed by atoms with Gasteiger partial charge in [-0.05, 0) is 40.7 Å². The van der Waals surface area contributed by atoms with E-state index in [9.17, 15) is 0 Å². The number of benzene rings is 1. The summed E-state index contributed by atoms with van der Waals surface area (Å²) in [6.45, 7) is 0.655. The van der Waals surface area contributed by atoms with Gasteiger partial charge in [-0.2, -0.15) is 0 Å². The average Bonchev–Trinajstić information content (AvgIpc) is 2.97. The van der Waals surface area contributed by atoms with E-state index in [0.717, 1.165) is 5.92 Å². The fraction of sp³-hybridized carbons (Fsp3) is 0.333. The standard InChI is InChI=1S/C12H13NS/c13-6-9-2-1-3-10-11(8-4-5-8)7-14-12(9)10/h1-3,7-8H,4-6,13H2. The van der Waals surface area contributed by atoms with E-state index in [0.29, 0.717) is 6.54 Å². The van der Waals surface area contributed by atoms with Gasteiger partial charge >= 0.3 is 0 Å². The van der Waals surface area contributed by atoms with Gasteiger partial charge in [-0.15, -0.1) is 11.3 Å². The zero-order valence-electron chi connectivity index (χ0n) is 7.99. The first-order valence-corrected chi connectivity index (χ1v) is 5.97. The van der Waals surface area contributed by atoms with Crippen molar-refractivity contribution < 1.29 is 0 Å². The zero-order chi connectivity index (χ0) is 9.54. The third-order valence-corrected chi connectivity index (χ3v) is 4.04. The molecule has 1 aromatic carbocycles. The van der Waals surface area contributed by atoms with Crippen LogP contribution in [0.15, 0.2) is 23.6 Å². The van der Waals surface area contributed by atoms with Crippen LogP contribution in [0.1, 0.15) is 29.9 Å². The van der Waals surface area contributed by atoms with Crippen LogP contribution >= 0.6 is 11.3 Å². The lowest BCUT2D eigenvalue weighted by Gasteiger charge is -1.99. The highest BCUT2D eigenvalue weighted by Gasteiger charge is 2.26. The van der Waals surface area contributed by atoms with Gasteiger partial charge in [-0.3, -0.25) is 0 Å². The van der Waals surface area contributed by atoms with E-state index >= 15 is 0 Å². The van der Waals surface area contributed by atoms with Crippen LogP contribution in [0.4, 0.5) is 0 Å². The van der Waals surface area contributed by atoms with Crippen LogP contribution in [0.25, 0.3) is 10.1 Å². The summed E-state index contributed by atoms with van der Waals surface area (Å²) in [5.41, 5.74) is 8.57. The summed E-state index contributed by atoms with van der Waals surface area (Å²) in [5, 5.41) is 3.77. The predicted octanol–water partition coefficient (Wildman–Crippen LogP) is 3.24. The third kappa shape index (κ3) is 1.18. The number of nitrogens with two attached hydrogens (primary N) is 1. The Morgan fingerprint density at radius 2 is 2.21 bits per heavy atom. The van der Waals surface area contributed by atoms with Gasteiger partial charge in [-0.1, -0.05) is 18.2 Å². The number of rotatable bonds is 2. The Morgan fingerprint density at radius 3 is 2.93 bits per heavy atom. The number of thiophene rings is 1. The van der Waals surface area contributed by atoms with Crippen LogP contribution < -0.4 is 5.73 Å². The summed E-state index contributed by atoms with van der Waals surface area (Å²) < 4.78 is 1.40. The minimum absolute atomic E-state index is 0.655. The van der Waals surface area contributed by atoms with Crippen molar-refractivity contribution in [2.75, 3.05) is 0 Å². The molecule has 0 bridgehead atoms. The molecule has 0 saturated heterocycles. The molecular weight excluding hydrogens is 190 g/mol. The molecule has 0 atom stereocenters. The molecule has 2 aromatic rings. The Labute approximate surface area is 87.5 Å². The van der Waals surface area contributed by atoms with Crippen LogP contribution in [0.3, 0.4) is 0 Å². The van der Waals surface area contributed by atoms with Crippen molar-refractivity contribution in [1.82, 2.24) is 0 Å². The van der Waals surface area contributed by atoms with Crippen molar-refractivity contribution in [2.45, 2.75) is 25.3 Å². The van der Waals surface area contributed by atoms with E-state index in [4.69, 9.17) is 5.73 Å². The molecule has 1 fully saturated rings. The minimum Gasteiger partial charge on any atom is -0.326 e. The first-order valence-electron chi connectivity index (χ1n) is 5.09. The maximum Gasteiger partial charge on any atom is 0.0390 e. The second-order valence-electron chi connectivity index (χ2n) is 3.96. The van der Waals surface area contributed by atoms with Crippen LogP contribution in [-0.2, 0) is 6.54 Å². The summed E-state index contributed by atoms with van der Waals surface area (Å²) in [6.07, 6.45) is 2.75. The van der Waals surface area contributed by atoms with Gasteiger partial charge in [0, 0.05) is 11.2 Å². The molecule has 72 valence electrons. The molecule has 0 aliphatic heterocycles. The molecule has 0 amide bonds. The van der Waals surface area contributed by atoms with Gasteiger partial charge in [0.1, 0.15) is 0 Å². The molecule has 1 aromatic heterocycles. The molecule has 2 heteroatoms. The highest BCUT2D eigenvalue weighted by atomic mass is 32.1. The van der Waals surface area contributed by atoms with Crippen molar-refractivity contribution in [3.63, 3.8) is 0 Å². The summed E-state index contributed by atoms with van der Waals surface area (Å²) in [4.78, 5) is 0. The highest BCUT2D eigenvalue weighted by Crippen LogP contribution is 2.45. The van der Waals surface area contributed by atoms with Gasteiger partial charge in [0.15, 0.2) is 0 Å². The average molecular weight is 203 g/mol. The second-order valence-corrected chi connectivity index (χ2v) is 4.84. The summed E-state index contributed by atoms with van der Waals surface area (Å²) in [7, 11) is 0. The topological polar surface area (TPSA) is 26.0 Å². The molecule has 1 nitrogen and oxygen atoms in total. The quantitative estimate of drug-likeness (QED) is 0.796. The van der Waals surface area contributed by atoms with Crippen molar-refractivity contribution in [1.29, 1.82) is 0 Å². The summed E-state index contributed by atoms with van der Waals surface area (Å²) in [5.74, 6) is 0.844. The van der Waals surface area contributed by atoms with Gasteiger partial charge in [-0.25, -0.2) is 0 Å². The number of fused-ring (bicyclic) bond motifs is 1. The van der Waals surface area contributed by atoms with E-state index in [1.165, 1.54) is 28.5 Å². The molecular formula is C12H13NS. The largest absolute Gasteiger partial charge is 0.326 e. The first kappa shape index (κ1) is 8.45. The van der Waals surface area contributed by atoms with Crippen molar-refractivity contribution in [3.8, 4) is 0 Å². The Kier molecular flexibility index (Phi) is 1.85. The normalized spacial score (nSPS) is 16.4. The lowest BCUT2D eigenvalue weighted by Crippen LogP contribution is -1.95.